The van der Waals surface area contributed by atoms with Crippen molar-refractivity contribution in [3.05, 3.63) is 23.9 Å². The maximum absolute atomic E-state index is 12.2. The van der Waals surface area contributed by atoms with Crippen LogP contribution >= 0.6 is 0 Å². The molecule has 0 saturated heterocycles. The molecule has 1 aliphatic rings. The van der Waals surface area contributed by atoms with Gasteiger partial charge in [-0.15, -0.1) is 0 Å². The Labute approximate surface area is 115 Å². The lowest BCUT2D eigenvalue weighted by Gasteiger charge is -2.21. The van der Waals surface area contributed by atoms with Gasteiger partial charge in [-0.2, -0.15) is 0 Å². The van der Waals surface area contributed by atoms with E-state index in [1.54, 1.807) is 0 Å². The van der Waals surface area contributed by atoms with Gasteiger partial charge in [0.25, 0.3) is 5.91 Å². The highest BCUT2D eigenvalue weighted by Gasteiger charge is 2.34. The number of rotatable bonds is 5. The van der Waals surface area contributed by atoms with Gasteiger partial charge in [-0.1, -0.05) is 0 Å². The van der Waals surface area contributed by atoms with E-state index in [0.29, 0.717) is 12.0 Å². The Morgan fingerprint density at radius 3 is 2.90 bits per heavy atom. The van der Waals surface area contributed by atoms with Crippen molar-refractivity contribution in [2.75, 3.05) is 6.54 Å². The first-order valence-corrected chi connectivity index (χ1v) is 6.02. The molecule has 0 saturated carbocycles. The van der Waals surface area contributed by atoms with Gasteiger partial charge in [0.15, 0.2) is 0 Å². The second-order valence-corrected chi connectivity index (χ2v) is 4.36. The molecule has 0 fully saturated rings. The average Bonchev–Trinajstić information content (AvgIpc) is 3.01. The molecule has 0 bridgehead atoms. The zero-order valence-corrected chi connectivity index (χ0v) is 10.9. The lowest BCUT2D eigenvalue weighted by Crippen LogP contribution is -2.49. The molecule has 0 spiro atoms. The molecule has 0 aliphatic carbocycles. The summed E-state index contributed by atoms with van der Waals surface area (Å²) in [6.07, 6.45) is 4.21. The minimum absolute atomic E-state index is 0.141. The van der Waals surface area contributed by atoms with Crippen LogP contribution in [0.4, 0.5) is 0 Å². The molecule has 2 heterocycles. The summed E-state index contributed by atoms with van der Waals surface area (Å²) in [4.78, 5) is 34.8. The van der Waals surface area contributed by atoms with E-state index in [2.05, 4.69) is 15.0 Å². The molecule has 1 amide bonds. The minimum atomic E-state index is -0.887. The standard InChI is InChI=1S/C12H15N5O3/c1-7(19)10(13)11-16-9(4-8-5-14-6-15-8)12(20)17(11)2-3-18/h3-7,10,19H,2,13H2,1H3,(H,14,15)/b9-4+/t7-,10+/m1/s1. The first-order valence-electron chi connectivity index (χ1n) is 6.02. The van der Waals surface area contributed by atoms with E-state index in [1.165, 1.54) is 25.5 Å². The van der Waals surface area contributed by atoms with Gasteiger partial charge in [-0.05, 0) is 13.0 Å². The van der Waals surface area contributed by atoms with Gasteiger partial charge in [0, 0.05) is 0 Å². The molecule has 20 heavy (non-hydrogen) atoms. The van der Waals surface area contributed by atoms with Crippen molar-refractivity contribution in [2.45, 2.75) is 19.1 Å². The molecule has 2 atom stereocenters. The molecule has 1 aliphatic heterocycles. The third-order valence-electron chi connectivity index (χ3n) is 2.86. The lowest BCUT2D eigenvalue weighted by molar-refractivity contribution is -0.124. The molecule has 8 heteroatoms. The Kier molecular flexibility index (Phi) is 4.06. The summed E-state index contributed by atoms with van der Waals surface area (Å²) < 4.78 is 0. The number of aldehydes is 1. The highest BCUT2D eigenvalue weighted by atomic mass is 16.3. The van der Waals surface area contributed by atoms with Crippen molar-refractivity contribution < 1.29 is 14.7 Å². The number of amidine groups is 1. The van der Waals surface area contributed by atoms with Crippen LogP contribution in [-0.4, -0.2) is 56.7 Å². The number of nitrogens with one attached hydrogen (secondary N) is 1. The zero-order valence-electron chi connectivity index (χ0n) is 10.9. The number of nitrogens with two attached hydrogens (primary N) is 1. The maximum Gasteiger partial charge on any atom is 0.278 e. The molecule has 0 aromatic carbocycles. The molecule has 2 rings (SSSR count). The molecule has 106 valence electrons. The lowest BCUT2D eigenvalue weighted by atomic mass is 10.1. The van der Waals surface area contributed by atoms with Crippen molar-refractivity contribution in [1.82, 2.24) is 14.9 Å². The molecule has 8 nitrogen and oxygen atoms in total. The number of hydrogen-bond acceptors (Lipinski definition) is 6. The molecular formula is C12H15N5O3. The third-order valence-corrected chi connectivity index (χ3v) is 2.86. The molecule has 0 radical (unpaired) electrons. The number of carbonyl (C=O) groups excluding carboxylic acids is 2. The summed E-state index contributed by atoms with van der Waals surface area (Å²) in [6.45, 7) is 1.34. The van der Waals surface area contributed by atoms with Crippen molar-refractivity contribution in [3.63, 3.8) is 0 Å². The van der Waals surface area contributed by atoms with Crippen LogP contribution < -0.4 is 5.73 Å². The van der Waals surface area contributed by atoms with Crippen LogP contribution in [0.25, 0.3) is 6.08 Å². The zero-order chi connectivity index (χ0) is 14.7. The SMILES string of the molecule is C[C@@H](O)[C@H](N)C1=N/C(=C/c2cnc[nH]2)C(=O)N1CC=O. The maximum atomic E-state index is 12.2. The number of aliphatic hydroxyl groups excluding tert-OH is 1. The molecule has 4 N–H and O–H groups in total. The van der Waals surface area contributed by atoms with E-state index in [0.717, 1.165) is 4.90 Å². The van der Waals surface area contributed by atoms with Gasteiger partial charge in [0.05, 0.1) is 36.9 Å². The van der Waals surface area contributed by atoms with Crippen molar-refractivity contribution in [3.8, 4) is 0 Å². The number of aliphatic imine (C=N–C) groups is 1. The summed E-state index contributed by atoms with van der Waals surface area (Å²) in [6, 6.07) is -0.841. The number of aromatic amines is 1. The van der Waals surface area contributed by atoms with Crippen LogP contribution in [0.5, 0.6) is 0 Å². The van der Waals surface area contributed by atoms with Crippen LogP contribution in [0.3, 0.4) is 0 Å². The van der Waals surface area contributed by atoms with Gasteiger partial charge >= 0.3 is 0 Å². The molecular weight excluding hydrogens is 262 g/mol. The smallest absolute Gasteiger partial charge is 0.278 e. The summed E-state index contributed by atoms with van der Waals surface area (Å²) in [5, 5.41) is 9.53. The molecule has 1 aromatic rings. The number of imidazole rings is 1. The molecule has 0 unspecified atom stereocenters. The van der Waals surface area contributed by atoms with Crippen molar-refractivity contribution >= 4 is 24.1 Å². The van der Waals surface area contributed by atoms with Gasteiger partial charge in [-0.25, -0.2) is 9.98 Å². The molecule has 1 aromatic heterocycles. The third kappa shape index (κ3) is 2.65. The first-order chi connectivity index (χ1) is 9.54. The predicted octanol–water partition coefficient (Wildman–Crippen LogP) is -1.10. The Hall–Kier alpha value is -2.32. The number of carbonyl (C=O) groups is 2. The Bertz CT molecular complexity index is 562. The normalized spacial score (nSPS) is 20.1. The van der Waals surface area contributed by atoms with Gasteiger partial charge in [0.1, 0.15) is 17.8 Å². The van der Waals surface area contributed by atoms with E-state index in [4.69, 9.17) is 5.73 Å². The second-order valence-electron chi connectivity index (χ2n) is 4.36. The van der Waals surface area contributed by atoms with Crippen molar-refractivity contribution in [2.24, 2.45) is 10.7 Å². The first kappa shape index (κ1) is 14.1. The Balaban J connectivity index is 2.36. The largest absolute Gasteiger partial charge is 0.391 e. The quantitative estimate of drug-likeness (QED) is 0.465. The average molecular weight is 277 g/mol. The van der Waals surface area contributed by atoms with E-state index < -0.39 is 18.1 Å². The summed E-state index contributed by atoms with van der Waals surface area (Å²) in [5.41, 5.74) is 6.55. The highest BCUT2D eigenvalue weighted by Crippen LogP contribution is 2.19. The van der Waals surface area contributed by atoms with E-state index in [9.17, 15) is 14.7 Å². The minimum Gasteiger partial charge on any atom is -0.391 e. The van der Waals surface area contributed by atoms with Crippen LogP contribution in [0, 0.1) is 0 Å². The summed E-state index contributed by atoms with van der Waals surface area (Å²) in [7, 11) is 0. The monoisotopic (exact) mass is 277 g/mol. The fourth-order valence-corrected chi connectivity index (χ4v) is 1.78. The number of H-pyrrole nitrogens is 1. The topological polar surface area (TPSA) is 125 Å². The predicted molar refractivity (Wildman–Crippen MR) is 71.4 cm³/mol. The number of aromatic nitrogens is 2. The summed E-state index contributed by atoms with van der Waals surface area (Å²) in [5.74, 6) is -0.249. The van der Waals surface area contributed by atoms with Crippen LogP contribution in [0.15, 0.2) is 23.2 Å². The van der Waals surface area contributed by atoms with E-state index in [-0.39, 0.29) is 18.1 Å². The highest BCUT2D eigenvalue weighted by molar-refractivity contribution is 6.16. The van der Waals surface area contributed by atoms with Crippen LogP contribution in [0.2, 0.25) is 0 Å². The number of hydrogen-bond donors (Lipinski definition) is 3. The van der Waals surface area contributed by atoms with E-state index >= 15 is 0 Å². The summed E-state index contributed by atoms with van der Waals surface area (Å²) >= 11 is 0. The fraction of sp³-hybridized carbons (Fsp3) is 0.333. The van der Waals surface area contributed by atoms with Gasteiger partial charge in [0.2, 0.25) is 0 Å². The second kappa shape index (κ2) is 5.76. The fourth-order valence-electron chi connectivity index (χ4n) is 1.78. The van der Waals surface area contributed by atoms with Crippen LogP contribution in [-0.2, 0) is 9.59 Å². The van der Waals surface area contributed by atoms with Crippen molar-refractivity contribution in [1.29, 1.82) is 0 Å². The number of nitrogens with zero attached hydrogens (tertiary/aromatic N) is 3. The Morgan fingerprint density at radius 1 is 1.60 bits per heavy atom. The van der Waals surface area contributed by atoms with Gasteiger partial charge < -0.3 is 20.6 Å². The number of amides is 1. The van der Waals surface area contributed by atoms with Gasteiger partial charge in [-0.3, -0.25) is 9.69 Å². The number of aliphatic hydroxyl groups is 1. The van der Waals surface area contributed by atoms with Crippen LogP contribution in [0.1, 0.15) is 12.6 Å². The van der Waals surface area contributed by atoms with E-state index in [1.807, 2.05) is 0 Å². The Morgan fingerprint density at radius 2 is 2.35 bits per heavy atom.